The molecular formula is C14H17N3O2. The average molecular weight is 259 g/mol. The molecule has 1 aromatic heterocycles. The van der Waals surface area contributed by atoms with Crippen LogP contribution in [0.2, 0.25) is 0 Å². The van der Waals surface area contributed by atoms with Crippen LogP contribution in [0.3, 0.4) is 0 Å². The van der Waals surface area contributed by atoms with Gasteiger partial charge in [0.05, 0.1) is 6.61 Å². The van der Waals surface area contributed by atoms with Crippen LogP contribution in [0.15, 0.2) is 22.7 Å². The molecule has 2 aromatic rings. The van der Waals surface area contributed by atoms with Crippen LogP contribution in [0.4, 0.5) is 0 Å². The highest BCUT2D eigenvalue weighted by molar-refractivity contribution is 5.61. The Hall–Kier alpha value is -1.72. The van der Waals surface area contributed by atoms with Gasteiger partial charge in [0.15, 0.2) is 5.82 Å². The van der Waals surface area contributed by atoms with Crippen molar-refractivity contribution in [3.8, 4) is 11.5 Å². The number of hydrogen-bond acceptors (Lipinski definition) is 5. The molecular weight excluding hydrogens is 242 g/mol. The molecule has 0 atom stereocenters. The van der Waals surface area contributed by atoms with Gasteiger partial charge in [-0.3, -0.25) is 0 Å². The van der Waals surface area contributed by atoms with E-state index in [0.717, 1.165) is 25.1 Å². The number of nitrogens with zero attached hydrogens (tertiary/aromatic N) is 2. The molecule has 0 saturated heterocycles. The molecule has 1 aliphatic heterocycles. The third kappa shape index (κ3) is 2.52. The molecule has 19 heavy (non-hydrogen) atoms. The van der Waals surface area contributed by atoms with Crippen molar-refractivity contribution in [2.75, 3.05) is 20.3 Å². The number of ether oxygens (including phenoxy) is 1. The monoisotopic (exact) mass is 259 g/mol. The lowest BCUT2D eigenvalue weighted by atomic mass is 9.95. The third-order valence-electron chi connectivity index (χ3n) is 3.37. The van der Waals surface area contributed by atoms with Crippen molar-refractivity contribution in [3.05, 3.63) is 35.2 Å². The summed E-state index contributed by atoms with van der Waals surface area (Å²) in [5.41, 5.74) is 3.71. The van der Waals surface area contributed by atoms with Crippen LogP contribution in [-0.2, 0) is 24.1 Å². The molecule has 2 heterocycles. The fraction of sp³-hybridized carbons (Fsp3) is 0.429. The number of aromatic nitrogens is 2. The van der Waals surface area contributed by atoms with Gasteiger partial charge in [0.2, 0.25) is 0 Å². The van der Waals surface area contributed by atoms with E-state index in [1.807, 2.05) is 6.07 Å². The molecule has 5 heteroatoms. The maximum atomic E-state index is 5.38. The Morgan fingerprint density at radius 2 is 2.37 bits per heavy atom. The van der Waals surface area contributed by atoms with E-state index < -0.39 is 0 Å². The van der Waals surface area contributed by atoms with E-state index in [9.17, 15) is 0 Å². The van der Waals surface area contributed by atoms with Crippen LogP contribution >= 0.6 is 0 Å². The van der Waals surface area contributed by atoms with Crippen LogP contribution in [0.25, 0.3) is 11.5 Å². The van der Waals surface area contributed by atoms with Crippen LogP contribution in [0, 0.1) is 0 Å². The van der Waals surface area contributed by atoms with Gasteiger partial charge in [-0.15, -0.1) is 0 Å². The second kappa shape index (κ2) is 5.50. The Labute approximate surface area is 112 Å². The zero-order valence-corrected chi connectivity index (χ0v) is 11.0. The largest absolute Gasteiger partial charge is 0.384 e. The summed E-state index contributed by atoms with van der Waals surface area (Å²) in [4.78, 5) is 4.45. The van der Waals surface area contributed by atoms with E-state index in [1.54, 1.807) is 7.11 Å². The minimum absolute atomic E-state index is 0.607. The summed E-state index contributed by atoms with van der Waals surface area (Å²) in [5.74, 6) is 1.31. The van der Waals surface area contributed by atoms with Gasteiger partial charge in [-0.2, -0.15) is 4.98 Å². The molecule has 0 unspecified atom stereocenters. The molecule has 100 valence electrons. The second-order valence-corrected chi connectivity index (χ2v) is 4.63. The summed E-state index contributed by atoms with van der Waals surface area (Å²) in [6.07, 6.45) is 1.68. The fourth-order valence-electron chi connectivity index (χ4n) is 2.39. The van der Waals surface area contributed by atoms with Crippen molar-refractivity contribution in [1.82, 2.24) is 15.5 Å². The lowest BCUT2D eigenvalue weighted by Crippen LogP contribution is -2.24. The summed E-state index contributed by atoms with van der Waals surface area (Å²) < 4.78 is 10.4. The Morgan fingerprint density at radius 1 is 1.42 bits per heavy atom. The Balaban J connectivity index is 1.91. The third-order valence-corrected chi connectivity index (χ3v) is 3.37. The van der Waals surface area contributed by atoms with Gasteiger partial charge < -0.3 is 14.6 Å². The van der Waals surface area contributed by atoms with Crippen molar-refractivity contribution in [1.29, 1.82) is 0 Å². The number of rotatable bonds is 4. The molecule has 0 fully saturated rings. The summed E-state index contributed by atoms with van der Waals surface area (Å²) >= 11 is 0. The fourth-order valence-corrected chi connectivity index (χ4v) is 2.39. The maximum absolute atomic E-state index is 5.38. The first-order chi connectivity index (χ1) is 9.38. The van der Waals surface area contributed by atoms with E-state index in [0.29, 0.717) is 24.7 Å². The van der Waals surface area contributed by atoms with E-state index in [-0.39, 0.29) is 0 Å². The summed E-state index contributed by atoms with van der Waals surface area (Å²) in [6.45, 7) is 2.51. The Bertz CT molecular complexity index is 566. The van der Waals surface area contributed by atoms with Crippen LogP contribution < -0.4 is 5.32 Å². The topological polar surface area (TPSA) is 60.2 Å². The zero-order valence-electron chi connectivity index (χ0n) is 11.0. The number of benzene rings is 1. The molecule has 5 nitrogen and oxygen atoms in total. The van der Waals surface area contributed by atoms with E-state index in [4.69, 9.17) is 9.26 Å². The highest BCUT2D eigenvalue weighted by atomic mass is 16.5. The second-order valence-electron chi connectivity index (χ2n) is 4.63. The van der Waals surface area contributed by atoms with Crippen molar-refractivity contribution >= 4 is 0 Å². The summed E-state index contributed by atoms with van der Waals surface area (Å²) in [6, 6.07) is 6.24. The molecule has 0 amide bonds. The van der Waals surface area contributed by atoms with Crippen molar-refractivity contribution in [2.45, 2.75) is 19.4 Å². The SMILES string of the molecule is COCCc1noc(-c2cccc3c2CCNC3)n1. The first-order valence-corrected chi connectivity index (χ1v) is 6.52. The zero-order chi connectivity index (χ0) is 13.1. The molecule has 3 rings (SSSR count). The lowest BCUT2D eigenvalue weighted by Gasteiger charge is -2.18. The predicted molar refractivity (Wildman–Crippen MR) is 70.7 cm³/mol. The highest BCUT2D eigenvalue weighted by Crippen LogP contribution is 2.27. The number of fused-ring (bicyclic) bond motifs is 1. The molecule has 0 spiro atoms. The molecule has 0 bridgehead atoms. The van der Waals surface area contributed by atoms with Gasteiger partial charge in [-0.05, 0) is 30.2 Å². The van der Waals surface area contributed by atoms with Gasteiger partial charge in [0.25, 0.3) is 5.89 Å². The molecule has 1 aliphatic rings. The first-order valence-electron chi connectivity index (χ1n) is 6.52. The highest BCUT2D eigenvalue weighted by Gasteiger charge is 2.17. The molecule has 1 aromatic carbocycles. The normalized spacial score (nSPS) is 14.4. The van der Waals surface area contributed by atoms with Crippen LogP contribution in [0.1, 0.15) is 17.0 Å². The number of nitrogens with one attached hydrogen (secondary N) is 1. The number of hydrogen-bond donors (Lipinski definition) is 1. The van der Waals surface area contributed by atoms with Crippen molar-refractivity contribution in [2.24, 2.45) is 0 Å². The van der Waals surface area contributed by atoms with Gasteiger partial charge in [-0.1, -0.05) is 17.3 Å². The van der Waals surface area contributed by atoms with Gasteiger partial charge in [0.1, 0.15) is 0 Å². The number of methoxy groups -OCH3 is 1. The standard InChI is InChI=1S/C14H17N3O2/c1-18-8-6-13-16-14(19-17-13)12-4-2-3-10-9-15-7-5-11(10)12/h2-4,15H,5-9H2,1H3. The van der Waals surface area contributed by atoms with Gasteiger partial charge in [0, 0.05) is 25.6 Å². The van der Waals surface area contributed by atoms with Crippen LogP contribution in [0.5, 0.6) is 0 Å². The maximum Gasteiger partial charge on any atom is 0.258 e. The summed E-state index contributed by atoms with van der Waals surface area (Å²) in [7, 11) is 1.67. The quantitative estimate of drug-likeness (QED) is 0.903. The Kier molecular flexibility index (Phi) is 3.57. The molecule has 0 saturated carbocycles. The minimum atomic E-state index is 0.607. The van der Waals surface area contributed by atoms with Gasteiger partial charge >= 0.3 is 0 Å². The van der Waals surface area contributed by atoms with Crippen LogP contribution in [-0.4, -0.2) is 30.4 Å². The van der Waals surface area contributed by atoms with Gasteiger partial charge in [-0.25, -0.2) is 0 Å². The minimum Gasteiger partial charge on any atom is -0.384 e. The van der Waals surface area contributed by atoms with E-state index in [2.05, 4.69) is 27.6 Å². The van der Waals surface area contributed by atoms with E-state index >= 15 is 0 Å². The van der Waals surface area contributed by atoms with E-state index in [1.165, 1.54) is 11.1 Å². The average Bonchev–Trinajstić information content (AvgIpc) is 2.93. The molecule has 0 aliphatic carbocycles. The summed E-state index contributed by atoms with van der Waals surface area (Å²) in [5, 5.41) is 7.37. The van der Waals surface area contributed by atoms with Crippen molar-refractivity contribution < 1.29 is 9.26 Å². The van der Waals surface area contributed by atoms with Crippen molar-refractivity contribution in [3.63, 3.8) is 0 Å². The Morgan fingerprint density at radius 3 is 3.26 bits per heavy atom. The lowest BCUT2D eigenvalue weighted by molar-refractivity contribution is 0.199. The molecule has 0 radical (unpaired) electrons. The molecule has 1 N–H and O–H groups in total. The smallest absolute Gasteiger partial charge is 0.258 e. The first kappa shape index (κ1) is 12.3. The predicted octanol–water partition coefficient (Wildman–Crippen LogP) is 1.57.